The van der Waals surface area contributed by atoms with Gasteiger partial charge in [0.15, 0.2) is 0 Å². The molecule has 0 fully saturated rings. The first-order chi connectivity index (χ1) is 8.63. The van der Waals surface area contributed by atoms with Crippen molar-refractivity contribution in [3.63, 3.8) is 0 Å². The van der Waals surface area contributed by atoms with Crippen molar-refractivity contribution < 1.29 is 0 Å². The van der Waals surface area contributed by atoms with Gasteiger partial charge in [-0.3, -0.25) is 5.10 Å². The van der Waals surface area contributed by atoms with E-state index in [1.807, 2.05) is 6.07 Å². The van der Waals surface area contributed by atoms with Crippen LogP contribution < -0.4 is 5.73 Å². The maximum atomic E-state index is 5.57. The Morgan fingerprint density at radius 2 is 2.06 bits per heavy atom. The van der Waals surface area contributed by atoms with Crippen LogP contribution in [0, 0.1) is 0 Å². The summed E-state index contributed by atoms with van der Waals surface area (Å²) in [5.74, 6) is 0.548. The zero-order valence-electron chi connectivity index (χ0n) is 10.4. The molecule has 0 spiro atoms. The molecule has 0 unspecified atom stereocenters. The van der Waals surface area contributed by atoms with Crippen LogP contribution in [0.3, 0.4) is 0 Å². The topological polar surface area (TPSA) is 57.9 Å². The molecule has 0 saturated carbocycles. The summed E-state index contributed by atoms with van der Waals surface area (Å²) in [5, 5.41) is 6.84. The van der Waals surface area contributed by atoms with Crippen LogP contribution in [0.1, 0.15) is 11.3 Å². The van der Waals surface area contributed by atoms with Crippen LogP contribution in [-0.4, -0.2) is 28.7 Å². The first kappa shape index (κ1) is 13.1. The molecule has 0 aliphatic rings. The molecular weight excluding hydrogens is 292 g/mol. The van der Waals surface area contributed by atoms with Crippen LogP contribution >= 0.6 is 15.9 Å². The van der Waals surface area contributed by atoms with E-state index in [0.29, 0.717) is 5.82 Å². The molecule has 0 aliphatic heterocycles. The molecule has 0 radical (unpaired) electrons. The Morgan fingerprint density at radius 3 is 2.67 bits per heavy atom. The Balaban J connectivity index is 1.81. The Labute approximate surface area is 115 Å². The van der Waals surface area contributed by atoms with Crippen LogP contribution in [0.5, 0.6) is 0 Å². The molecular formula is C13H17BrN4. The van der Waals surface area contributed by atoms with Crippen molar-refractivity contribution in [1.29, 1.82) is 0 Å². The highest BCUT2D eigenvalue weighted by atomic mass is 79.9. The summed E-state index contributed by atoms with van der Waals surface area (Å²) in [6, 6.07) is 10.3. The van der Waals surface area contributed by atoms with Gasteiger partial charge in [-0.25, -0.2) is 0 Å². The fourth-order valence-corrected chi connectivity index (χ4v) is 2.07. The summed E-state index contributed by atoms with van der Waals surface area (Å²) in [6.45, 7) is 1.83. The lowest BCUT2D eigenvalue weighted by molar-refractivity contribution is 0.327. The van der Waals surface area contributed by atoms with Gasteiger partial charge in [-0.05, 0) is 31.2 Å². The largest absolute Gasteiger partial charge is 0.382 e. The molecule has 0 aliphatic carbocycles. The van der Waals surface area contributed by atoms with Gasteiger partial charge in [-0.2, -0.15) is 5.10 Å². The average Bonchev–Trinajstić information content (AvgIpc) is 2.74. The fraction of sp³-hybridized carbons (Fsp3) is 0.308. The molecule has 5 heteroatoms. The van der Waals surface area contributed by atoms with Crippen molar-refractivity contribution in [2.24, 2.45) is 0 Å². The van der Waals surface area contributed by atoms with E-state index in [0.717, 1.165) is 29.7 Å². The van der Waals surface area contributed by atoms with Gasteiger partial charge in [0.05, 0.1) is 5.69 Å². The number of hydrogen-bond donors (Lipinski definition) is 2. The van der Waals surface area contributed by atoms with Crippen LogP contribution in [-0.2, 0) is 13.0 Å². The van der Waals surface area contributed by atoms with Crippen LogP contribution in [0.4, 0.5) is 5.82 Å². The Kier molecular flexibility index (Phi) is 4.38. The van der Waals surface area contributed by atoms with Gasteiger partial charge in [0.1, 0.15) is 5.82 Å². The number of rotatable bonds is 5. The van der Waals surface area contributed by atoms with Crippen molar-refractivity contribution in [2.75, 3.05) is 19.3 Å². The number of benzene rings is 1. The van der Waals surface area contributed by atoms with Gasteiger partial charge in [-0.15, -0.1) is 0 Å². The van der Waals surface area contributed by atoms with Crippen LogP contribution in [0.25, 0.3) is 0 Å². The Morgan fingerprint density at radius 1 is 1.33 bits per heavy atom. The second-order valence-electron chi connectivity index (χ2n) is 4.43. The number of halogens is 1. The third-order valence-electron chi connectivity index (χ3n) is 2.79. The minimum absolute atomic E-state index is 0.548. The maximum Gasteiger partial charge on any atom is 0.145 e. The summed E-state index contributed by atoms with van der Waals surface area (Å²) < 4.78 is 1.12. The van der Waals surface area contributed by atoms with Gasteiger partial charge >= 0.3 is 0 Å². The molecule has 0 atom stereocenters. The highest BCUT2D eigenvalue weighted by Crippen LogP contribution is 2.11. The maximum absolute atomic E-state index is 5.57. The summed E-state index contributed by atoms with van der Waals surface area (Å²) in [7, 11) is 2.09. The van der Waals surface area contributed by atoms with E-state index in [4.69, 9.17) is 5.73 Å². The van der Waals surface area contributed by atoms with E-state index in [2.05, 4.69) is 62.3 Å². The average molecular weight is 309 g/mol. The molecule has 18 heavy (non-hydrogen) atoms. The summed E-state index contributed by atoms with van der Waals surface area (Å²) >= 11 is 3.44. The Hall–Kier alpha value is -1.33. The van der Waals surface area contributed by atoms with Crippen molar-refractivity contribution in [3.8, 4) is 0 Å². The van der Waals surface area contributed by atoms with Gasteiger partial charge in [-0.1, -0.05) is 28.1 Å². The minimum Gasteiger partial charge on any atom is -0.382 e. The van der Waals surface area contributed by atoms with Gasteiger partial charge in [0.25, 0.3) is 0 Å². The second kappa shape index (κ2) is 6.02. The number of nitrogens with two attached hydrogens (primary N) is 1. The SMILES string of the molecule is CN(CCc1ccc(Br)cc1)Cc1cc(N)n[nH]1. The lowest BCUT2D eigenvalue weighted by atomic mass is 10.1. The van der Waals surface area contributed by atoms with Gasteiger partial charge < -0.3 is 10.6 Å². The number of anilines is 1. The molecule has 0 amide bonds. The van der Waals surface area contributed by atoms with Crippen molar-refractivity contribution in [2.45, 2.75) is 13.0 Å². The summed E-state index contributed by atoms with van der Waals surface area (Å²) in [4.78, 5) is 2.25. The van der Waals surface area contributed by atoms with E-state index < -0.39 is 0 Å². The molecule has 2 aromatic rings. The van der Waals surface area contributed by atoms with E-state index in [1.165, 1.54) is 5.56 Å². The molecule has 2 rings (SSSR count). The quantitative estimate of drug-likeness (QED) is 0.892. The number of hydrogen-bond acceptors (Lipinski definition) is 3. The molecule has 96 valence electrons. The summed E-state index contributed by atoms with van der Waals surface area (Å²) in [6.07, 6.45) is 1.04. The molecule has 1 aromatic carbocycles. The monoisotopic (exact) mass is 308 g/mol. The predicted molar refractivity (Wildman–Crippen MR) is 77.2 cm³/mol. The zero-order valence-corrected chi connectivity index (χ0v) is 11.9. The normalized spacial score (nSPS) is 11.1. The van der Waals surface area contributed by atoms with Gasteiger partial charge in [0.2, 0.25) is 0 Å². The van der Waals surface area contributed by atoms with Crippen LogP contribution in [0.15, 0.2) is 34.8 Å². The number of H-pyrrole nitrogens is 1. The number of aromatic amines is 1. The number of nitrogens with one attached hydrogen (secondary N) is 1. The van der Waals surface area contributed by atoms with Gasteiger partial charge in [0, 0.05) is 23.6 Å². The smallest absolute Gasteiger partial charge is 0.145 e. The zero-order chi connectivity index (χ0) is 13.0. The van der Waals surface area contributed by atoms with Crippen molar-refractivity contribution in [1.82, 2.24) is 15.1 Å². The molecule has 1 heterocycles. The lowest BCUT2D eigenvalue weighted by Gasteiger charge is -2.15. The number of nitrogen functional groups attached to an aromatic ring is 1. The number of aromatic nitrogens is 2. The van der Waals surface area contributed by atoms with Crippen molar-refractivity contribution >= 4 is 21.7 Å². The molecule has 3 N–H and O–H groups in total. The number of likely N-dealkylation sites (N-methyl/N-ethyl adjacent to an activating group) is 1. The highest BCUT2D eigenvalue weighted by Gasteiger charge is 2.03. The predicted octanol–water partition coefficient (Wildman–Crippen LogP) is 2.43. The molecule has 4 nitrogen and oxygen atoms in total. The Bertz CT molecular complexity index is 492. The van der Waals surface area contributed by atoms with E-state index >= 15 is 0 Å². The number of nitrogens with zero attached hydrogens (tertiary/aromatic N) is 2. The third kappa shape index (κ3) is 3.85. The molecule has 0 bridgehead atoms. The van der Waals surface area contributed by atoms with Crippen LogP contribution in [0.2, 0.25) is 0 Å². The van der Waals surface area contributed by atoms with E-state index in [9.17, 15) is 0 Å². The first-order valence-electron chi connectivity index (χ1n) is 5.86. The second-order valence-corrected chi connectivity index (χ2v) is 5.35. The first-order valence-corrected chi connectivity index (χ1v) is 6.65. The third-order valence-corrected chi connectivity index (χ3v) is 3.32. The molecule has 0 saturated heterocycles. The minimum atomic E-state index is 0.548. The van der Waals surface area contributed by atoms with E-state index in [-0.39, 0.29) is 0 Å². The molecule has 1 aromatic heterocycles. The highest BCUT2D eigenvalue weighted by molar-refractivity contribution is 9.10. The lowest BCUT2D eigenvalue weighted by Crippen LogP contribution is -2.20. The standard InChI is InChI=1S/C13H17BrN4/c1-18(9-12-8-13(15)17-16-12)7-6-10-2-4-11(14)5-3-10/h2-5,8H,6-7,9H2,1H3,(H3,15,16,17). The summed E-state index contributed by atoms with van der Waals surface area (Å²) in [5.41, 5.74) is 7.96. The van der Waals surface area contributed by atoms with Crippen molar-refractivity contribution in [3.05, 3.63) is 46.1 Å². The fourth-order valence-electron chi connectivity index (χ4n) is 1.80. The van der Waals surface area contributed by atoms with E-state index in [1.54, 1.807) is 0 Å².